The third-order valence-corrected chi connectivity index (χ3v) is 5.43. The van der Waals surface area contributed by atoms with E-state index in [4.69, 9.17) is 4.98 Å². The summed E-state index contributed by atoms with van der Waals surface area (Å²) in [5, 5.41) is 2.88. The standard InChI is InChI=1S/C23H32N4O2/c1-2-11-22(28)24-15-8-3-5-14-21-25-19-12-6-7-13-20(19)27(21)18-23(29)26-16-9-4-10-17-26/h2,6-7,11-13H,3-5,8-10,14-18H2,1H3,(H,24,28)/b11-2+. The molecular weight excluding hydrogens is 364 g/mol. The van der Waals surface area contributed by atoms with Gasteiger partial charge >= 0.3 is 0 Å². The molecular formula is C23H32N4O2. The molecule has 1 aromatic carbocycles. The summed E-state index contributed by atoms with van der Waals surface area (Å²) in [7, 11) is 0. The van der Waals surface area contributed by atoms with Gasteiger partial charge in [0.2, 0.25) is 11.8 Å². The number of carbonyl (C=O) groups is 2. The van der Waals surface area contributed by atoms with Crippen LogP contribution in [0.15, 0.2) is 36.4 Å². The van der Waals surface area contributed by atoms with Crippen molar-refractivity contribution in [1.82, 2.24) is 19.8 Å². The van der Waals surface area contributed by atoms with Gasteiger partial charge in [0, 0.05) is 26.1 Å². The molecule has 0 aliphatic carbocycles. The lowest BCUT2D eigenvalue weighted by Crippen LogP contribution is -2.38. The lowest BCUT2D eigenvalue weighted by molar-refractivity contribution is -0.132. The molecule has 0 spiro atoms. The summed E-state index contributed by atoms with van der Waals surface area (Å²) in [6.45, 7) is 4.64. The molecule has 156 valence electrons. The van der Waals surface area contributed by atoms with Crippen LogP contribution < -0.4 is 5.32 Å². The van der Waals surface area contributed by atoms with Crippen LogP contribution in [0.2, 0.25) is 0 Å². The first-order chi connectivity index (χ1) is 14.2. The number of likely N-dealkylation sites (tertiary alicyclic amines) is 1. The molecule has 0 saturated carbocycles. The molecule has 0 unspecified atom stereocenters. The van der Waals surface area contributed by atoms with E-state index in [1.54, 1.807) is 12.2 Å². The molecule has 1 fully saturated rings. The predicted octanol–water partition coefficient (Wildman–Crippen LogP) is 3.45. The number of imidazole rings is 1. The van der Waals surface area contributed by atoms with Gasteiger partial charge < -0.3 is 14.8 Å². The van der Waals surface area contributed by atoms with Crippen LogP contribution in [0.3, 0.4) is 0 Å². The highest BCUT2D eigenvalue weighted by Crippen LogP contribution is 2.19. The normalized spacial score (nSPS) is 14.6. The third kappa shape index (κ3) is 5.92. The number of hydrogen-bond donors (Lipinski definition) is 1. The fraction of sp³-hybridized carbons (Fsp3) is 0.522. The highest BCUT2D eigenvalue weighted by atomic mass is 16.2. The van der Waals surface area contributed by atoms with Crippen LogP contribution in [-0.2, 0) is 22.6 Å². The van der Waals surface area contributed by atoms with Gasteiger partial charge in [-0.3, -0.25) is 9.59 Å². The molecule has 2 heterocycles. The fourth-order valence-electron chi connectivity index (χ4n) is 3.88. The van der Waals surface area contributed by atoms with Gasteiger partial charge in [-0.25, -0.2) is 4.98 Å². The molecule has 6 heteroatoms. The van der Waals surface area contributed by atoms with Gasteiger partial charge in [0.1, 0.15) is 12.4 Å². The maximum absolute atomic E-state index is 12.8. The second-order valence-electron chi connectivity index (χ2n) is 7.65. The number of carbonyl (C=O) groups excluding carboxylic acids is 2. The molecule has 0 bridgehead atoms. The summed E-state index contributed by atoms with van der Waals surface area (Å²) >= 11 is 0. The number of hydrogen-bond acceptors (Lipinski definition) is 3. The van der Waals surface area contributed by atoms with Crippen LogP contribution in [0.25, 0.3) is 11.0 Å². The smallest absolute Gasteiger partial charge is 0.243 e. The van der Waals surface area contributed by atoms with E-state index in [2.05, 4.69) is 9.88 Å². The monoisotopic (exact) mass is 396 g/mol. The lowest BCUT2D eigenvalue weighted by Gasteiger charge is -2.27. The van der Waals surface area contributed by atoms with Crippen molar-refractivity contribution in [2.45, 2.75) is 58.4 Å². The third-order valence-electron chi connectivity index (χ3n) is 5.43. The average Bonchev–Trinajstić information content (AvgIpc) is 3.09. The molecule has 0 radical (unpaired) electrons. The fourth-order valence-corrected chi connectivity index (χ4v) is 3.88. The van der Waals surface area contributed by atoms with Crippen molar-refractivity contribution in [1.29, 1.82) is 0 Å². The van der Waals surface area contributed by atoms with Crippen molar-refractivity contribution >= 4 is 22.8 Å². The average molecular weight is 397 g/mol. The van der Waals surface area contributed by atoms with E-state index in [9.17, 15) is 9.59 Å². The maximum Gasteiger partial charge on any atom is 0.243 e. The molecule has 1 saturated heterocycles. The van der Waals surface area contributed by atoms with Gasteiger partial charge in [0.05, 0.1) is 11.0 Å². The molecule has 0 atom stereocenters. The van der Waals surface area contributed by atoms with Gasteiger partial charge in [-0.15, -0.1) is 0 Å². The molecule has 1 aliphatic rings. The van der Waals surface area contributed by atoms with E-state index < -0.39 is 0 Å². The lowest BCUT2D eigenvalue weighted by atomic mass is 10.1. The van der Waals surface area contributed by atoms with Crippen molar-refractivity contribution < 1.29 is 9.59 Å². The van der Waals surface area contributed by atoms with E-state index in [1.165, 1.54) is 6.42 Å². The van der Waals surface area contributed by atoms with Crippen LogP contribution in [0.4, 0.5) is 0 Å². The number of piperidine rings is 1. The minimum Gasteiger partial charge on any atom is -0.353 e. The summed E-state index contributed by atoms with van der Waals surface area (Å²) < 4.78 is 2.10. The highest BCUT2D eigenvalue weighted by molar-refractivity contribution is 5.87. The van der Waals surface area contributed by atoms with Gasteiger partial charge in [-0.05, 0) is 57.2 Å². The van der Waals surface area contributed by atoms with E-state index >= 15 is 0 Å². The Labute approximate surface area is 173 Å². The Morgan fingerprint density at radius 2 is 1.90 bits per heavy atom. The van der Waals surface area contributed by atoms with Crippen molar-refractivity contribution in [3.05, 3.63) is 42.2 Å². The van der Waals surface area contributed by atoms with Gasteiger partial charge in [-0.1, -0.05) is 24.6 Å². The number of rotatable bonds is 9. The molecule has 2 amide bonds. The quantitative estimate of drug-likeness (QED) is 0.521. The van der Waals surface area contributed by atoms with Crippen molar-refractivity contribution in [3.63, 3.8) is 0 Å². The first kappa shape index (κ1) is 21.1. The zero-order chi connectivity index (χ0) is 20.5. The largest absolute Gasteiger partial charge is 0.353 e. The van der Waals surface area contributed by atoms with Gasteiger partial charge in [-0.2, -0.15) is 0 Å². The Morgan fingerprint density at radius 1 is 1.10 bits per heavy atom. The minimum atomic E-state index is -0.0366. The summed E-state index contributed by atoms with van der Waals surface area (Å²) in [4.78, 5) is 31.0. The summed E-state index contributed by atoms with van der Waals surface area (Å²) in [5.74, 6) is 1.14. The highest BCUT2D eigenvalue weighted by Gasteiger charge is 2.19. The van der Waals surface area contributed by atoms with Crippen molar-refractivity contribution in [2.24, 2.45) is 0 Å². The molecule has 1 aliphatic heterocycles. The SMILES string of the molecule is C/C=C/C(=O)NCCCCCc1nc2ccccc2n1CC(=O)N1CCCCC1. The second kappa shape index (κ2) is 10.8. The summed E-state index contributed by atoms with van der Waals surface area (Å²) in [6.07, 6.45) is 10.5. The molecule has 3 rings (SSSR count). The minimum absolute atomic E-state index is 0.0366. The number of para-hydroxylation sites is 2. The number of allylic oxidation sites excluding steroid dienone is 1. The number of unbranched alkanes of at least 4 members (excludes halogenated alkanes) is 2. The van der Waals surface area contributed by atoms with E-state index in [1.807, 2.05) is 36.1 Å². The van der Waals surface area contributed by atoms with Gasteiger partial charge in [0.15, 0.2) is 0 Å². The van der Waals surface area contributed by atoms with Gasteiger partial charge in [0.25, 0.3) is 0 Å². The van der Waals surface area contributed by atoms with Crippen LogP contribution in [0, 0.1) is 0 Å². The van der Waals surface area contributed by atoms with Crippen LogP contribution in [0.5, 0.6) is 0 Å². The molecule has 1 aromatic heterocycles. The number of aryl methyl sites for hydroxylation is 1. The number of fused-ring (bicyclic) bond motifs is 1. The van der Waals surface area contributed by atoms with Crippen LogP contribution >= 0.6 is 0 Å². The van der Waals surface area contributed by atoms with Crippen LogP contribution in [-0.4, -0.2) is 45.9 Å². The summed E-state index contributed by atoms with van der Waals surface area (Å²) in [6, 6.07) is 8.05. The Balaban J connectivity index is 1.58. The topological polar surface area (TPSA) is 67.2 Å². The zero-order valence-corrected chi connectivity index (χ0v) is 17.4. The van der Waals surface area contributed by atoms with Crippen LogP contribution in [0.1, 0.15) is 51.3 Å². The molecule has 29 heavy (non-hydrogen) atoms. The molecule has 2 aromatic rings. The number of nitrogens with one attached hydrogen (secondary N) is 1. The Kier molecular flexibility index (Phi) is 7.85. The van der Waals surface area contributed by atoms with E-state index in [0.717, 1.165) is 68.5 Å². The zero-order valence-electron chi connectivity index (χ0n) is 17.4. The molecule has 1 N–H and O–H groups in total. The summed E-state index contributed by atoms with van der Waals surface area (Å²) in [5.41, 5.74) is 1.99. The Hall–Kier alpha value is -2.63. The number of nitrogens with zero attached hydrogens (tertiary/aromatic N) is 3. The first-order valence-electron chi connectivity index (χ1n) is 10.8. The van der Waals surface area contributed by atoms with E-state index in [0.29, 0.717) is 13.1 Å². The number of aromatic nitrogens is 2. The number of amides is 2. The maximum atomic E-state index is 12.8. The second-order valence-corrected chi connectivity index (χ2v) is 7.65. The Bertz CT molecular complexity index is 850. The Morgan fingerprint density at radius 3 is 2.69 bits per heavy atom. The predicted molar refractivity (Wildman–Crippen MR) is 116 cm³/mol. The van der Waals surface area contributed by atoms with Crippen molar-refractivity contribution in [2.75, 3.05) is 19.6 Å². The van der Waals surface area contributed by atoms with Crippen molar-refractivity contribution in [3.8, 4) is 0 Å². The molecule has 6 nitrogen and oxygen atoms in total. The number of benzene rings is 1. The van der Waals surface area contributed by atoms with E-state index in [-0.39, 0.29) is 11.8 Å². The first-order valence-corrected chi connectivity index (χ1v) is 10.8.